The summed E-state index contributed by atoms with van der Waals surface area (Å²) in [5.41, 5.74) is 1.83. The fourth-order valence-electron chi connectivity index (χ4n) is 3.86. The van der Waals surface area contributed by atoms with Crippen LogP contribution >= 0.6 is 0 Å². The lowest BCUT2D eigenvalue weighted by atomic mass is 9.86. The molecule has 0 saturated carbocycles. The number of hydrogen-bond donors (Lipinski definition) is 1. The summed E-state index contributed by atoms with van der Waals surface area (Å²) in [4.78, 5) is 7.18. The Morgan fingerprint density at radius 2 is 2.15 bits per heavy atom. The van der Waals surface area contributed by atoms with E-state index in [-0.39, 0.29) is 0 Å². The van der Waals surface area contributed by atoms with Crippen LogP contribution in [0.15, 0.2) is 30.5 Å². The van der Waals surface area contributed by atoms with Gasteiger partial charge in [0.2, 0.25) is 0 Å². The molecule has 0 bridgehead atoms. The average Bonchev–Trinajstić information content (AvgIpc) is 3.10. The predicted molar refractivity (Wildman–Crippen MR) is 83.2 cm³/mol. The fraction of sp³-hybridized carbons (Fsp3) is 0.471. The van der Waals surface area contributed by atoms with Gasteiger partial charge in [-0.15, -0.1) is 0 Å². The molecule has 1 N–H and O–H groups in total. The van der Waals surface area contributed by atoms with E-state index in [2.05, 4.69) is 41.4 Å². The summed E-state index contributed by atoms with van der Waals surface area (Å²) in [5.74, 6) is 1.18. The standard InChI is InChI=1S/C17H21N3/c1-13-3-2-4-15-14(13)5-8-19-16(15)20-10-7-17(12-20)6-9-18-11-17/h2-5,8,18H,6-7,9-12H2,1H3. The Balaban J connectivity index is 1.74. The third kappa shape index (κ3) is 1.80. The molecule has 3 heteroatoms. The van der Waals surface area contributed by atoms with Gasteiger partial charge >= 0.3 is 0 Å². The number of rotatable bonds is 1. The Kier molecular flexibility index (Phi) is 2.71. The summed E-state index contributed by atoms with van der Waals surface area (Å²) in [7, 11) is 0. The number of nitrogens with one attached hydrogen (secondary N) is 1. The van der Waals surface area contributed by atoms with Crippen LogP contribution in [0.3, 0.4) is 0 Å². The molecule has 0 radical (unpaired) electrons. The van der Waals surface area contributed by atoms with Gasteiger partial charge < -0.3 is 10.2 Å². The fourth-order valence-corrected chi connectivity index (χ4v) is 3.86. The highest BCUT2D eigenvalue weighted by molar-refractivity contribution is 5.94. The first-order valence-corrected chi connectivity index (χ1v) is 7.58. The summed E-state index contributed by atoms with van der Waals surface area (Å²) in [6.45, 7) is 6.82. The molecule has 104 valence electrons. The molecule has 3 nitrogen and oxygen atoms in total. The second kappa shape index (κ2) is 4.45. The second-order valence-corrected chi connectivity index (χ2v) is 6.40. The van der Waals surface area contributed by atoms with E-state index in [1.165, 1.54) is 48.1 Å². The van der Waals surface area contributed by atoms with E-state index >= 15 is 0 Å². The molecule has 2 fully saturated rings. The van der Waals surface area contributed by atoms with Crippen molar-refractivity contribution >= 4 is 16.6 Å². The molecule has 2 aliphatic rings. The number of aryl methyl sites for hydroxylation is 1. The molecule has 1 aromatic carbocycles. The van der Waals surface area contributed by atoms with Crippen LogP contribution < -0.4 is 10.2 Å². The number of aromatic nitrogens is 1. The van der Waals surface area contributed by atoms with Crippen molar-refractivity contribution in [1.29, 1.82) is 0 Å². The van der Waals surface area contributed by atoms with E-state index in [0.717, 1.165) is 13.1 Å². The molecule has 2 aromatic rings. The highest BCUT2D eigenvalue weighted by Gasteiger charge is 2.40. The first-order valence-electron chi connectivity index (χ1n) is 7.58. The molecule has 3 heterocycles. The lowest BCUT2D eigenvalue weighted by Gasteiger charge is -2.24. The Labute approximate surface area is 120 Å². The number of hydrogen-bond acceptors (Lipinski definition) is 3. The zero-order valence-electron chi connectivity index (χ0n) is 12.0. The molecule has 2 aliphatic heterocycles. The highest BCUT2D eigenvalue weighted by Crippen LogP contribution is 2.39. The van der Waals surface area contributed by atoms with E-state index in [1.54, 1.807) is 0 Å². The summed E-state index contributed by atoms with van der Waals surface area (Å²) >= 11 is 0. The quantitative estimate of drug-likeness (QED) is 0.861. The van der Waals surface area contributed by atoms with Crippen LogP contribution in [-0.4, -0.2) is 31.2 Å². The number of benzene rings is 1. The number of nitrogens with zero attached hydrogens (tertiary/aromatic N) is 2. The van der Waals surface area contributed by atoms with Gasteiger partial charge in [0.1, 0.15) is 5.82 Å². The van der Waals surface area contributed by atoms with Gasteiger partial charge in [0.05, 0.1) is 0 Å². The molecule has 20 heavy (non-hydrogen) atoms. The maximum Gasteiger partial charge on any atom is 0.136 e. The van der Waals surface area contributed by atoms with E-state index in [4.69, 9.17) is 4.98 Å². The normalized spacial score (nSPS) is 25.9. The monoisotopic (exact) mass is 267 g/mol. The van der Waals surface area contributed by atoms with Crippen LogP contribution in [0.1, 0.15) is 18.4 Å². The molecule has 0 amide bonds. The molecule has 0 aliphatic carbocycles. The SMILES string of the molecule is Cc1cccc2c(N3CCC4(CCNC4)C3)nccc12. The molecular weight excluding hydrogens is 246 g/mol. The molecule has 1 atom stereocenters. The second-order valence-electron chi connectivity index (χ2n) is 6.40. The molecule has 4 rings (SSSR count). The van der Waals surface area contributed by atoms with Crippen molar-refractivity contribution in [3.8, 4) is 0 Å². The van der Waals surface area contributed by atoms with E-state index in [1.807, 2.05) is 6.20 Å². The summed E-state index contributed by atoms with van der Waals surface area (Å²) in [6, 6.07) is 8.67. The zero-order chi connectivity index (χ0) is 13.6. The van der Waals surface area contributed by atoms with Gasteiger partial charge in [-0.2, -0.15) is 0 Å². The van der Waals surface area contributed by atoms with Crippen molar-refractivity contribution in [2.75, 3.05) is 31.1 Å². The number of fused-ring (bicyclic) bond motifs is 1. The molecule has 2 saturated heterocycles. The largest absolute Gasteiger partial charge is 0.355 e. The van der Waals surface area contributed by atoms with Gasteiger partial charge in [0.15, 0.2) is 0 Å². The first-order chi connectivity index (χ1) is 9.77. The minimum absolute atomic E-state index is 0.494. The van der Waals surface area contributed by atoms with Crippen molar-refractivity contribution in [2.24, 2.45) is 5.41 Å². The van der Waals surface area contributed by atoms with E-state index < -0.39 is 0 Å². The Bertz CT molecular complexity index is 644. The van der Waals surface area contributed by atoms with Gasteiger partial charge in [-0.25, -0.2) is 4.98 Å². The van der Waals surface area contributed by atoms with E-state index in [0.29, 0.717) is 5.41 Å². The van der Waals surface area contributed by atoms with Crippen molar-refractivity contribution in [1.82, 2.24) is 10.3 Å². The summed E-state index contributed by atoms with van der Waals surface area (Å²) in [6.07, 6.45) is 4.57. The van der Waals surface area contributed by atoms with Gasteiger partial charge in [0.25, 0.3) is 0 Å². The van der Waals surface area contributed by atoms with Crippen LogP contribution in [0.2, 0.25) is 0 Å². The molecule has 1 spiro atoms. The van der Waals surface area contributed by atoms with Crippen molar-refractivity contribution < 1.29 is 0 Å². The topological polar surface area (TPSA) is 28.2 Å². The first kappa shape index (κ1) is 12.2. The summed E-state index contributed by atoms with van der Waals surface area (Å²) < 4.78 is 0. The van der Waals surface area contributed by atoms with Crippen LogP contribution in [-0.2, 0) is 0 Å². The van der Waals surface area contributed by atoms with Gasteiger partial charge in [-0.05, 0) is 43.3 Å². The average molecular weight is 267 g/mol. The van der Waals surface area contributed by atoms with Gasteiger partial charge in [-0.1, -0.05) is 18.2 Å². The number of anilines is 1. The van der Waals surface area contributed by atoms with Crippen LogP contribution in [0, 0.1) is 12.3 Å². The summed E-state index contributed by atoms with van der Waals surface area (Å²) in [5, 5.41) is 6.16. The van der Waals surface area contributed by atoms with Crippen LogP contribution in [0.5, 0.6) is 0 Å². The Morgan fingerprint density at radius 1 is 1.20 bits per heavy atom. The van der Waals surface area contributed by atoms with E-state index in [9.17, 15) is 0 Å². The Morgan fingerprint density at radius 3 is 3.00 bits per heavy atom. The third-order valence-electron chi connectivity index (χ3n) is 5.07. The molecule has 1 aromatic heterocycles. The highest BCUT2D eigenvalue weighted by atomic mass is 15.2. The number of pyridine rings is 1. The predicted octanol–water partition coefficient (Wildman–Crippen LogP) is 2.73. The van der Waals surface area contributed by atoms with Crippen molar-refractivity contribution in [3.05, 3.63) is 36.0 Å². The van der Waals surface area contributed by atoms with Crippen molar-refractivity contribution in [3.63, 3.8) is 0 Å². The third-order valence-corrected chi connectivity index (χ3v) is 5.07. The smallest absolute Gasteiger partial charge is 0.136 e. The maximum atomic E-state index is 4.69. The van der Waals surface area contributed by atoms with Gasteiger partial charge in [-0.3, -0.25) is 0 Å². The van der Waals surface area contributed by atoms with Crippen LogP contribution in [0.25, 0.3) is 10.8 Å². The Hall–Kier alpha value is -1.61. The molecule has 1 unspecified atom stereocenters. The van der Waals surface area contributed by atoms with Gasteiger partial charge in [0, 0.05) is 36.6 Å². The molecular formula is C17H21N3. The van der Waals surface area contributed by atoms with Crippen LogP contribution in [0.4, 0.5) is 5.82 Å². The van der Waals surface area contributed by atoms with Crippen molar-refractivity contribution in [2.45, 2.75) is 19.8 Å². The lowest BCUT2D eigenvalue weighted by molar-refractivity contribution is 0.369. The minimum Gasteiger partial charge on any atom is -0.355 e. The maximum absolute atomic E-state index is 4.69. The lowest BCUT2D eigenvalue weighted by Crippen LogP contribution is -2.29. The zero-order valence-corrected chi connectivity index (χ0v) is 12.0. The minimum atomic E-state index is 0.494.